The minimum absolute atomic E-state index is 0.465. The SMILES string of the molecule is CC(C)c1cccc(N2CCCCC2)c1P(Cl)Cl. The number of hydrogen-bond donors (Lipinski definition) is 0. The molecule has 1 aromatic carbocycles. The Morgan fingerprint density at radius 1 is 1.11 bits per heavy atom. The maximum atomic E-state index is 6.28. The smallest absolute Gasteiger partial charge is 0.119 e. The number of halogens is 2. The normalized spacial score (nSPS) is 16.7. The van der Waals surface area contributed by atoms with Crippen molar-refractivity contribution in [3.8, 4) is 0 Å². The van der Waals surface area contributed by atoms with Crippen molar-refractivity contribution in [3.05, 3.63) is 23.8 Å². The minimum Gasteiger partial charge on any atom is -0.371 e. The molecule has 0 amide bonds. The standard InChI is InChI=1S/C14H20Cl2NP/c1-11(2)12-7-6-8-13(14(12)18(15)16)17-9-4-3-5-10-17/h6-8,11H,3-5,9-10H2,1-2H3. The Labute approximate surface area is 121 Å². The molecule has 0 unspecified atom stereocenters. The van der Waals surface area contributed by atoms with Crippen molar-refractivity contribution < 1.29 is 0 Å². The van der Waals surface area contributed by atoms with Gasteiger partial charge < -0.3 is 4.90 Å². The first kappa shape index (κ1) is 14.4. The lowest BCUT2D eigenvalue weighted by molar-refractivity contribution is 0.578. The molecule has 0 radical (unpaired) electrons. The van der Waals surface area contributed by atoms with E-state index < -0.39 is 6.63 Å². The summed E-state index contributed by atoms with van der Waals surface area (Å²) in [6.07, 6.45) is 3.88. The molecule has 1 aromatic rings. The zero-order valence-electron chi connectivity index (χ0n) is 11.0. The molecule has 100 valence electrons. The van der Waals surface area contributed by atoms with Gasteiger partial charge >= 0.3 is 0 Å². The van der Waals surface area contributed by atoms with Gasteiger partial charge in [-0.3, -0.25) is 0 Å². The van der Waals surface area contributed by atoms with E-state index in [0.717, 1.165) is 13.1 Å². The van der Waals surface area contributed by atoms with E-state index in [-0.39, 0.29) is 0 Å². The minimum atomic E-state index is -1.09. The van der Waals surface area contributed by atoms with Crippen LogP contribution in [0.4, 0.5) is 5.69 Å². The summed E-state index contributed by atoms with van der Waals surface area (Å²) in [4.78, 5) is 2.45. The molecule has 0 N–H and O–H groups in total. The molecule has 1 saturated heterocycles. The first-order valence-electron chi connectivity index (χ1n) is 6.61. The summed E-state index contributed by atoms with van der Waals surface area (Å²) in [5.41, 5.74) is 2.56. The van der Waals surface area contributed by atoms with Crippen LogP contribution in [0.5, 0.6) is 0 Å². The van der Waals surface area contributed by atoms with E-state index in [1.165, 1.54) is 35.8 Å². The molecular weight excluding hydrogens is 284 g/mol. The summed E-state index contributed by atoms with van der Waals surface area (Å²) in [6, 6.07) is 6.47. The Hall–Kier alpha value is 0.0300. The van der Waals surface area contributed by atoms with E-state index in [4.69, 9.17) is 22.5 Å². The first-order chi connectivity index (χ1) is 8.61. The molecule has 0 bridgehead atoms. The molecule has 0 atom stereocenters. The van der Waals surface area contributed by atoms with Gasteiger partial charge in [0.05, 0.1) is 0 Å². The largest absolute Gasteiger partial charge is 0.371 e. The molecule has 18 heavy (non-hydrogen) atoms. The van der Waals surface area contributed by atoms with Crippen molar-refractivity contribution in [2.75, 3.05) is 18.0 Å². The van der Waals surface area contributed by atoms with Gasteiger partial charge in [0, 0.05) is 24.1 Å². The van der Waals surface area contributed by atoms with Crippen molar-refractivity contribution in [2.24, 2.45) is 0 Å². The summed E-state index contributed by atoms with van der Waals surface area (Å²) in [5.74, 6) is 0.465. The lowest BCUT2D eigenvalue weighted by Gasteiger charge is -2.32. The molecule has 0 aliphatic carbocycles. The van der Waals surface area contributed by atoms with Crippen LogP contribution >= 0.6 is 29.1 Å². The van der Waals surface area contributed by atoms with Crippen molar-refractivity contribution in [1.29, 1.82) is 0 Å². The lowest BCUT2D eigenvalue weighted by Crippen LogP contribution is -2.33. The highest BCUT2D eigenvalue weighted by Crippen LogP contribution is 2.50. The highest BCUT2D eigenvalue weighted by Gasteiger charge is 2.21. The van der Waals surface area contributed by atoms with Crippen molar-refractivity contribution >= 4 is 40.1 Å². The third-order valence-corrected chi connectivity index (χ3v) is 5.37. The highest BCUT2D eigenvalue weighted by atomic mass is 35.9. The fraction of sp³-hybridized carbons (Fsp3) is 0.571. The summed E-state index contributed by atoms with van der Waals surface area (Å²) in [7, 11) is 0. The Morgan fingerprint density at radius 3 is 2.33 bits per heavy atom. The van der Waals surface area contributed by atoms with Gasteiger partial charge in [-0.2, -0.15) is 0 Å². The summed E-state index contributed by atoms with van der Waals surface area (Å²) in [6.45, 7) is 5.57. The maximum absolute atomic E-state index is 6.28. The van der Waals surface area contributed by atoms with Crippen LogP contribution < -0.4 is 10.2 Å². The van der Waals surface area contributed by atoms with Gasteiger partial charge in [0.15, 0.2) is 0 Å². The number of piperidine rings is 1. The molecule has 1 fully saturated rings. The molecule has 0 saturated carbocycles. The van der Waals surface area contributed by atoms with Gasteiger partial charge in [0.1, 0.15) is 6.63 Å². The van der Waals surface area contributed by atoms with Crippen LogP contribution in [0.1, 0.15) is 44.6 Å². The Morgan fingerprint density at radius 2 is 1.78 bits per heavy atom. The topological polar surface area (TPSA) is 3.24 Å². The Kier molecular flexibility index (Phi) is 5.18. The van der Waals surface area contributed by atoms with Crippen molar-refractivity contribution in [3.63, 3.8) is 0 Å². The summed E-state index contributed by atoms with van der Waals surface area (Å²) >= 11 is 12.6. The molecule has 1 aliphatic rings. The molecule has 0 aromatic heterocycles. The number of nitrogens with zero attached hydrogens (tertiary/aromatic N) is 1. The monoisotopic (exact) mass is 303 g/mol. The van der Waals surface area contributed by atoms with E-state index in [1.54, 1.807) is 0 Å². The number of rotatable bonds is 3. The van der Waals surface area contributed by atoms with Crippen LogP contribution in [-0.2, 0) is 0 Å². The van der Waals surface area contributed by atoms with Gasteiger partial charge in [-0.15, -0.1) is 0 Å². The number of anilines is 1. The van der Waals surface area contributed by atoms with Crippen LogP contribution in [0.25, 0.3) is 0 Å². The summed E-state index contributed by atoms with van der Waals surface area (Å²) < 4.78 is 0. The van der Waals surface area contributed by atoms with E-state index in [2.05, 4.69) is 36.9 Å². The molecule has 1 heterocycles. The van der Waals surface area contributed by atoms with Gasteiger partial charge in [0.2, 0.25) is 0 Å². The molecular formula is C14H20Cl2NP. The average molecular weight is 304 g/mol. The molecule has 1 nitrogen and oxygen atoms in total. The van der Waals surface area contributed by atoms with E-state index in [9.17, 15) is 0 Å². The predicted molar refractivity (Wildman–Crippen MR) is 84.9 cm³/mol. The average Bonchev–Trinajstić information content (AvgIpc) is 2.38. The van der Waals surface area contributed by atoms with Crippen LogP contribution in [-0.4, -0.2) is 13.1 Å². The van der Waals surface area contributed by atoms with E-state index >= 15 is 0 Å². The zero-order valence-corrected chi connectivity index (χ0v) is 13.4. The number of hydrogen-bond acceptors (Lipinski definition) is 1. The van der Waals surface area contributed by atoms with Gasteiger partial charge in [-0.05, 0) is 36.8 Å². The van der Waals surface area contributed by atoms with Crippen molar-refractivity contribution in [1.82, 2.24) is 0 Å². The second kappa shape index (κ2) is 6.46. The van der Waals surface area contributed by atoms with Crippen LogP contribution in [0, 0.1) is 0 Å². The predicted octanol–water partition coefficient (Wildman–Crippen LogP) is 5.22. The molecule has 0 spiro atoms. The first-order valence-corrected chi connectivity index (χ1v) is 9.76. The van der Waals surface area contributed by atoms with Crippen LogP contribution in [0.15, 0.2) is 18.2 Å². The van der Waals surface area contributed by atoms with Gasteiger partial charge in [-0.25, -0.2) is 0 Å². The second-order valence-electron chi connectivity index (χ2n) is 5.15. The third-order valence-electron chi connectivity index (χ3n) is 3.53. The number of benzene rings is 1. The maximum Gasteiger partial charge on any atom is 0.119 e. The molecule has 4 heteroatoms. The van der Waals surface area contributed by atoms with Gasteiger partial charge in [0.25, 0.3) is 0 Å². The quantitative estimate of drug-likeness (QED) is 0.692. The van der Waals surface area contributed by atoms with E-state index in [0.29, 0.717) is 5.92 Å². The van der Waals surface area contributed by atoms with Gasteiger partial charge in [-0.1, -0.05) is 48.5 Å². The highest BCUT2D eigenvalue weighted by molar-refractivity contribution is 8.09. The van der Waals surface area contributed by atoms with Crippen LogP contribution in [0.3, 0.4) is 0 Å². The zero-order chi connectivity index (χ0) is 13.1. The second-order valence-corrected chi connectivity index (χ2v) is 8.61. The fourth-order valence-corrected chi connectivity index (χ4v) is 4.61. The van der Waals surface area contributed by atoms with E-state index in [1.807, 2.05) is 0 Å². The molecule has 1 aliphatic heterocycles. The Balaban J connectivity index is 2.41. The van der Waals surface area contributed by atoms with Crippen molar-refractivity contribution in [2.45, 2.75) is 39.0 Å². The molecule has 2 rings (SSSR count). The lowest BCUT2D eigenvalue weighted by atomic mass is 10.0. The summed E-state index contributed by atoms with van der Waals surface area (Å²) in [5, 5.41) is 1.17. The van der Waals surface area contributed by atoms with Crippen LogP contribution in [0.2, 0.25) is 0 Å². The Bertz CT molecular complexity index is 401. The third kappa shape index (κ3) is 3.13. The fourth-order valence-electron chi connectivity index (χ4n) is 2.59.